The Labute approximate surface area is 191 Å². The number of rotatable bonds is 5. The van der Waals surface area contributed by atoms with Crippen molar-refractivity contribution < 1.29 is 31.5 Å². The number of alkyl halides is 3. The molecule has 0 unspecified atom stereocenters. The maximum atomic E-state index is 14.8. The highest BCUT2D eigenvalue weighted by Crippen LogP contribution is 2.36. The third-order valence-electron chi connectivity index (χ3n) is 5.28. The molecule has 3 aromatic rings. The molecule has 0 fully saturated rings. The summed E-state index contributed by atoms with van der Waals surface area (Å²) in [5.74, 6) is -3.08. The average molecular weight is 475 g/mol. The molecule has 176 valence electrons. The maximum Gasteiger partial charge on any atom is 0.421 e. The van der Waals surface area contributed by atoms with E-state index >= 15 is 0 Å². The van der Waals surface area contributed by atoms with E-state index < -0.39 is 41.6 Å². The molecule has 0 saturated heterocycles. The number of fused-ring (bicyclic) bond motifs is 1. The van der Waals surface area contributed by atoms with E-state index in [0.717, 1.165) is 42.3 Å². The third kappa shape index (κ3) is 4.75. The van der Waals surface area contributed by atoms with Gasteiger partial charge in [0.25, 0.3) is 0 Å². The average Bonchev–Trinajstić information content (AvgIpc) is 3.14. The summed E-state index contributed by atoms with van der Waals surface area (Å²) in [6.45, 7) is 1.95. The number of carbonyl (C=O) groups excluding carboxylic acids is 1. The van der Waals surface area contributed by atoms with Crippen molar-refractivity contribution in [2.75, 3.05) is 12.4 Å². The first-order chi connectivity index (χ1) is 16.0. The number of carbonyl (C=O) groups is 1. The van der Waals surface area contributed by atoms with Crippen molar-refractivity contribution in [2.45, 2.75) is 25.9 Å². The fourth-order valence-corrected chi connectivity index (χ4v) is 3.72. The van der Waals surface area contributed by atoms with Gasteiger partial charge in [0.05, 0.1) is 31.1 Å². The number of anilines is 1. The van der Waals surface area contributed by atoms with Crippen LogP contribution in [-0.4, -0.2) is 23.0 Å². The Morgan fingerprint density at radius 3 is 2.56 bits per heavy atom. The van der Waals surface area contributed by atoms with Crippen molar-refractivity contribution in [3.63, 3.8) is 0 Å². The second kappa shape index (κ2) is 8.85. The van der Waals surface area contributed by atoms with Gasteiger partial charge in [-0.15, -0.1) is 0 Å². The zero-order valence-corrected chi connectivity index (χ0v) is 18.1. The number of allylic oxidation sites excluding steroid dienone is 1. The van der Waals surface area contributed by atoms with E-state index in [1.807, 2.05) is 13.0 Å². The van der Waals surface area contributed by atoms with Crippen LogP contribution in [-0.2, 0) is 23.8 Å². The molecule has 2 aromatic heterocycles. The maximum absolute atomic E-state index is 14.8. The number of halogens is 5. The van der Waals surface area contributed by atoms with Crippen LogP contribution in [0.2, 0.25) is 0 Å². The van der Waals surface area contributed by atoms with Crippen LogP contribution in [0.3, 0.4) is 0 Å². The Bertz CT molecular complexity index is 1320. The standard InChI is InChI=1S/C24H18F5N3O2/c1-12-3-14-5-15(10-30-21(14)4-12)17-9-19(25)13(6-20(17)26)7-22(33)32-16-8-18(24(27,28)29)23(34-2)31-11-16/h3,5-6,8-11H,4,7H2,1-2H3,(H,32,33). The van der Waals surface area contributed by atoms with Gasteiger partial charge in [0.1, 0.15) is 17.2 Å². The van der Waals surface area contributed by atoms with E-state index in [2.05, 4.69) is 20.0 Å². The highest BCUT2D eigenvalue weighted by Gasteiger charge is 2.35. The smallest absolute Gasteiger partial charge is 0.421 e. The Morgan fingerprint density at radius 2 is 1.85 bits per heavy atom. The molecule has 4 rings (SSSR count). The van der Waals surface area contributed by atoms with Crippen molar-refractivity contribution >= 4 is 17.7 Å². The zero-order chi connectivity index (χ0) is 24.6. The van der Waals surface area contributed by atoms with Gasteiger partial charge in [-0.05, 0) is 36.8 Å². The number of aromatic nitrogens is 2. The van der Waals surface area contributed by atoms with E-state index in [0.29, 0.717) is 18.1 Å². The first kappa shape index (κ1) is 23.3. The number of pyridine rings is 2. The van der Waals surface area contributed by atoms with Gasteiger partial charge in [-0.3, -0.25) is 9.78 Å². The van der Waals surface area contributed by atoms with Crippen molar-refractivity contribution in [2.24, 2.45) is 0 Å². The lowest BCUT2D eigenvalue weighted by molar-refractivity contribution is -0.139. The van der Waals surface area contributed by atoms with E-state index in [-0.39, 0.29) is 16.8 Å². The predicted octanol–water partition coefficient (Wildman–Crippen LogP) is 5.59. The normalized spacial score (nSPS) is 12.9. The fourth-order valence-electron chi connectivity index (χ4n) is 3.72. The fraction of sp³-hybridized carbons (Fsp3) is 0.208. The lowest BCUT2D eigenvalue weighted by atomic mass is 10.0. The van der Waals surface area contributed by atoms with Gasteiger partial charge in [0.15, 0.2) is 0 Å². The largest absolute Gasteiger partial charge is 0.481 e. The Kier molecular flexibility index (Phi) is 6.07. The molecular formula is C24H18F5N3O2. The molecule has 34 heavy (non-hydrogen) atoms. The molecule has 5 nitrogen and oxygen atoms in total. The molecule has 1 aromatic carbocycles. The summed E-state index contributed by atoms with van der Waals surface area (Å²) in [6, 6.07) is 4.24. The summed E-state index contributed by atoms with van der Waals surface area (Å²) < 4.78 is 73.5. The van der Waals surface area contributed by atoms with Crippen molar-refractivity contribution in [1.29, 1.82) is 0 Å². The van der Waals surface area contributed by atoms with Crippen LogP contribution in [0, 0.1) is 11.6 Å². The SMILES string of the molecule is COc1ncc(NC(=O)Cc2cc(F)c(-c3cnc4c(c3)C=C(C)C4)cc2F)cc1C(F)(F)F. The number of methoxy groups -OCH3 is 1. The second-order valence-electron chi connectivity index (χ2n) is 7.85. The number of ether oxygens (including phenoxy) is 1. The molecule has 2 heterocycles. The Balaban J connectivity index is 1.54. The molecule has 1 amide bonds. The van der Waals surface area contributed by atoms with E-state index in [1.54, 1.807) is 6.07 Å². The van der Waals surface area contributed by atoms with Crippen molar-refractivity contribution in [3.8, 4) is 17.0 Å². The second-order valence-corrected chi connectivity index (χ2v) is 7.85. The van der Waals surface area contributed by atoms with Crippen LogP contribution in [0.5, 0.6) is 5.88 Å². The van der Waals surface area contributed by atoms with Gasteiger partial charge in [0.2, 0.25) is 11.8 Å². The highest BCUT2D eigenvalue weighted by molar-refractivity contribution is 5.92. The van der Waals surface area contributed by atoms with Gasteiger partial charge in [0, 0.05) is 29.3 Å². The summed E-state index contributed by atoms with van der Waals surface area (Å²) >= 11 is 0. The summed E-state index contributed by atoms with van der Waals surface area (Å²) in [7, 11) is 1.04. The summed E-state index contributed by atoms with van der Waals surface area (Å²) in [5.41, 5.74) is 1.50. The third-order valence-corrected chi connectivity index (χ3v) is 5.28. The minimum atomic E-state index is -4.76. The first-order valence-electron chi connectivity index (χ1n) is 10.1. The minimum absolute atomic E-state index is 0.0101. The Hall–Kier alpha value is -3.82. The van der Waals surface area contributed by atoms with Gasteiger partial charge in [-0.2, -0.15) is 13.2 Å². The van der Waals surface area contributed by atoms with Gasteiger partial charge >= 0.3 is 6.18 Å². The predicted molar refractivity (Wildman–Crippen MR) is 115 cm³/mol. The number of hydrogen-bond donors (Lipinski definition) is 1. The van der Waals surface area contributed by atoms with Crippen molar-refractivity contribution in [3.05, 3.63) is 76.3 Å². The van der Waals surface area contributed by atoms with Crippen LogP contribution < -0.4 is 10.1 Å². The number of amides is 1. The number of hydrogen-bond acceptors (Lipinski definition) is 4. The zero-order valence-electron chi connectivity index (χ0n) is 18.1. The quantitative estimate of drug-likeness (QED) is 0.489. The number of nitrogens with zero attached hydrogens (tertiary/aromatic N) is 2. The molecule has 1 aliphatic rings. The van der Waals surface area contributed by atoms with Crippen molar-refractivity contribution in [1.82, 2.24) is 9.97 Å². The molecule has 0 bridgehead atoms. The summed E-state index contributed by atoms with van der Waals surface area (Å²) in [5, 5.41) is 2.22. The monoisotopic (exact) mass is 475 g/mol. The van der Waals surface area contributed by atoms with Crippen LogP contribution >= 0.6 is 0 Å². The summed E-state index contributed by atoms with van der Waals surface area (Å²) in [4.78, 5) is 20.2. The molecule has 0 aliphatic heterocycles. The molecule has 1 aliphatic carbocycles. The molecule has 0 atom stereocenters. The molecule has 0 radical (unpaired) electrons. The van der Waals surface area contributed by atoms with Gasteiger partial charge in [-0.25, -0.2) is 13.8 Å². The van der Waals surface area contributed by atoms with E-state index in [9.17, 15) is 26.7 Å². The molecule has 0 saturated carbocycles. The topological polar surface area (TPSA) is 64.1 Å². The van der Waals surface area contributed by atoms with Crippen LogP contribution in [0.1, 0.15) is 29.3 Å². The highest BCUT2D eigenvalue weighted by atomic mass is 19.4. The van der Waals surface area contributed by atoms with Gasteiger partial charge in [-0.1, -0.05) is 11.6 Å². The number of nitrogens with one attached hydrogen (secondary N) is 1. The lowest BCUT2D eigenvalue weighted by Gasteiger charge is -2.13. The molecule has 0 spiro atoms. The van der Waals surface area contributed by atoms with Gasteiger partial charge < -0.3 is 10.1 Å². The van der Waals surface area contributed by atoms with Crippen LogP contribution in [0.25, 0.3) is 17.2 Å². The molecule has 1 N–H and O–H groups in total. The van der Waals surface area contributed by atoms with E-state index in [4.69, 9.17) is 0 Å². The lowest BCUT2D eigenvalue weighted by Crippen LogP contribution is -2.17. The Morgan fingerprint density at radius 1 is 1.09 bits per heavy atom. The first-order valence-corrected chi connectivity index (χ1v) is 10.1. The molecule has 10 heteroatoms. The van der Waals surface area contributed by atoms with E-state index in [1.165, 1.54) is 6.20 Å². The summed E-state index contributed by atoms with van der Waals surface area (Å²) in [6.07, 6.45) is -0.287. The minimum Gasteiger partial charge on any atom is -0.481 e. The number of benzene rings is 1. The van der Waals surface area contributed by atoms with Crippen LogP contribution in [0.15, 0.2) is 42.2 Å². The molecular weight excluding hydrogens is 457 g/mol. The van der Waals surface area contributed by atoms with Crippen LogP contribution in [0.4, 0.5) is 27.6 Å².